The Bertz CT molecular complexity index is 4350. The first kappa shape index (κ1) is 43.9. The van der Waals surface area contributed by atoms with Gasteiger partial charge in [0.1, 0.15) is 0 Å². The van der Waals surface area contributed by atoms with Gasteiger partial charge in [-0.15, -0.1) is 0 Å². The first-order chi connectivity index (χ1) is 35.0. The second-order valence-electron chi connectivity index (χ2n) is 17.2. The highest BCUT2D eigenvalue weighted by molar-refractivity contribution is 6.13. The molecule has 0 aliphatic rings. The summed E-state index contributed by atoms with van der Waals surface area (Å²) in [6.45, 7) is 0. The second kappa shape index (κ2) is 17.1. The number of alkyl halides is 3. The van der Waals surface area contributed by atoms with Crippen LogP contribution in [0.15, 0.2) is 176 Å². The lowest BCUT2D eigenvalue weighted by Crippen LogP contribution is -2.08. The van der Waals surface area contributed by atoms with E-state index in [9.17, 15) is 31.6 Å². The zero-order valence-corrected chi connectivity index (χ0v) is 37.5. The molecular formula is C61H29F3N8. The number of rotatable bonds is 6. The summed E-state index contributed by atoms with van der Waals surface area (Å²) in [6, 6.07) is 63.9. The van der Waals surface area contributed by atoms with E-state index >= 15 is 13.2 Å². The third-order valence-electron chi connectivity index (χ3n) is 13.1. The van der Waals surface area contributed by atoms with Crippen molar-refractivity contribution in [1.29, 1.82) is 31.6 Å². The molecule has 11 rings (SSSR count). The second-order valence-corrected chi connectivity index (χ2v) is 17.2. The number of nitrogens with zero attached hydrogens (tertiary/aromatic N) is 8. The predicted octanol–water partition coefficient (Wildman–Crippen LogP) is 14.8. The maximum atomic E-state index is 15.0. The standard InChI is InChI=1S/C61H29F3N8/c62-61(63,64)54-26-37(31-66)9-14-47(54)44-13-18-60(72-56-8-4-2-6-49(56)52-28-43(12-17-59(52)72)46-23-40(34-69)20-41(24-46)35-70)53(29-44)50-25-36(30-65)10-15-57(50)71-55-7-3-1-5-48(55)51-27-42(11-16-58(51)71)45-21-38(32-67)19-39(22-45)33-68/h1-29H. The van der Waals surface area contributed by atoms with Crippen LogP contribution in [0.25, 0.3) is 99.5 Å². The molecule has 0 fully saturated rings. The van der Waals surface area contributed by atoms with Crippen LogP contribution in [0.2, 0.25) is 0 Å². The van der Waals surface area contributed by atoms with E-state index in [-0.39, 0.29) is 16.7 Å². The molecule has 0 aliphatic carbocycles. The quantitative estimate of drug-likeness (QED) is 0.162. The molecule has 9 aromatic carbocycles. The van der Waals surface area contributed by atoms with E-state index in [2.05, 4.69) is 39.5 Å². The minimum Gasteiger partial charge on any atom is -0.309 e. The molecule has 0 radical (unpaired) electrons. The monoisotopic (exact) mass is 930 g/mol. The van der Waals surface area contributed by atoms with Crippen LogP contribution in [0.1, 0.15) is 38.9 Å². The lowest BCUT2D eigenvalue weighted by atomic mass is 9.92. The third-order valence-corrected chi connectivity index (χ3v) is 13.1. The van der Waals surface area contributed by atoms with Gasteiger partial charge in [-0.05, 0) is 149 Å². The normalized spacial score (nSPS) is 11.2. The Balaban J connectivity index is 1.22. The molecule has 0 bridgehead atoms. The first-order valence-corrected chi connectivity index (χ1v) is 22.3. The molecule has 334 valence electrons. The summed E-state index contributed by atoms with van der Waals surface area (Å²) in [6.07, 6.45) is -4.81. The van der Waals surface area contributed by atoms with Crippen molar-refractivity contribution in [3.63, 3.8) is 0 Å². The van der Waals surface area contributed by atoms with Crippen molar-refractivity contribution in [2.75, 3.05) is 0 Å². The van der Waals surface area contributed by atoms with E-state index in [1.165, 1.54) is 24.3 Å². The summed E-state index contributed by atoms with van der Waals surface area (Å²) in [7, 11) is 0. The summed E-state index contributed by atoms with van der Waals surface area (Å²) in [5, 5.41) is 62.8. The van der Waals surface area contributed by atoms with Crippen LogP contribution in [0, 0.1) is 68.0 Å². The van der Waals surface area contributed by atoms with Gasteiger partial charge in [-0.25, -0.2) is 0 Å². The Morgan fingerprint density at radius 3 is 1.18 bits per heavy atom. The fourth-order valence-corrected chi connectivity index (χ4v) is 9.90. The van der Waals surface area contributed by atoms with Crippen molar-refractivity contribution in [2.45, 2.75) is 6.18 Å². The van der Waals surface area contributed by atoms with Crippen molar-refractivity contribution in [1.82, 2.24) is 9.13 Å². The molecule has 0 unspecified atom stereocenters. The van der Waals surface area contributed by atoms with Gasteiger partial charge in [0.05, 0.1) is 109 Å². The predicted molar refractivity (Wildman–Crippen MR) is 270 cm³/mol. The van der Waals surface area contributed by atoms with Gasteiger partial charge in [-0.2, -0.15) is 44.7 Å². The fourth-order valence-electron chi connectivity index (χ4n) is 9.90. The Morgan fingerprint density at radius 1 is 0.306 bits per heavy atom. The Kier molecular flexibility index (Phi) is 10.4. The van der Waals surface area contributed by atoms with Crippen LogP contribution in [0.4, 0.5) is 13.2 Å². The molecule has 0 aliphatic heterocycles. The molecule has 0 saturated heterocycles. The molecule has 0 amide bonds. The maximum Gasteiger partial charge on any atom is 0.417 e. The molecule has 11 aromatic rings. The van der Waals surface area contributed by atoms with Crippen molar-refractivity contribution < 1.29 is 13.2 Å². The van der Waals surface area contributed by atoms with Crippen molar-refractivity contribution in [2.24, 2.45) is 0 Å². The highest BCUT2D eigenvalue weighted by Gasteiger charge is 2.34. The number of para-hydroxylation sites is 2. The number of aromatic nitrogens is 2. The van der Waals surface area contributed by atoms with E-state index in [1.807, 2.05) is 97.1 Å². The molecule has 0 spiro atoms. The van der Waals surface area contributed by atoms with E-state index in [0.717, 1.165) is 60.8 Å². The summed E-state index contributed by atoms with van der Waals surface area (Å²) >= 11 is 0. The Hall–Kier alpha value is -10.7. The number of fused-ring (bicyclic) bond motifs is 6. The lowest BCUT2D eigenvalue weighted by molar-refractivity contribution is -0.137. The van der Waals surface area contributed by atoms with Crippen molar-refractivity contribution in [3.05, 3.63) is 215 Å². The van der Waals surface area contributed by atoms with Gasteiger partial charge in [-0.1, -0.05) is 60.7 Å². The number of hydrogen-bond acceptors (Lipinski definition) is 6. The number of benzene rings is 9. The lowest BCUT2D eigenvalue weighted by Gasteiger charge is -2.21. The van der Waals surface area contributed by atoms with Crippen LogP contribution < -0.4 is 0 Å². The fraction of sp³-hybridized carbons (Fsp3) is 0.0164. The van der Waals surface area contributed by atoms with Crippen LogP contribution in [-0.2, 0) is 6.18 Å². The number of nitriles is 6. The van der Waals surface area contributed by atoms with Crippen LogP contribution in [0.5, 0.6) is 0 Å². The molecule has 11 heteroatoms. The molecule has 0 N–H and O–H groups in total. The van der Waals surface area contributed by atoms with Gasteiger partial charge in [0, 0.05) is 32.7 Å². The summed E-state index contributed by atoms with van der Waals surface area (Å²) in [5.74, 6) is 0. The minimum absolute atomic E-state index is 0.139. The van der Waals surface area contributed by atoms with Gasteiger partial charge in [0.15, 0.2) is 0 Å². The van der Waals surface area contributed by atoms with Gasteiger partial charge < -0.3 is 9.13 Å². The van der Waals surface area contributed by atoms with E-state index in [4.69, 9.17) is 0 Å². The van der Waals surface area contributed by atoms with E-state index in [0.29, 0.717) is 61.4 Å². The first-order valence-electron chi connectivity index (χ1n) is 22.3. The van der Waals surface area contributed by atoms with Gasteiger partial charge in [-0.3, -0.25) is 0 Å². The highest BCUT2D eigenvalue weighted by atomic mass is 19.4. The van der Waals surface area contributed by atoms with Crippen molar-refractivity contribution in [3.8, 4) is 92.3 Å². The molecule has 2 heterocycles. The number of halogens is 3. The van der Waals surface area contributed by atoms with Gasteiger partial charge in [0.2, 0.25) is 0 Å². The average Bonchev–Trinajstić information content (AvgIpc) is 3.93. The van der Waals surface area contributed by atoms with Crippen LogP contribution >= 0.6 is 0 Å². The zero-order valence-electron chi connectivity index (χ0n) is 37.5. The smallest absolute Gasteiger partial charge is 0.309 e. The third kappa shape index (κ3) is 7.29. The van der Waals surface area contributed by atoms with E-state index < -0.39 is 11.7 Å². The molecule has 8 nitrogen and oxygen atoms in total. The summed E-state index contributed by atoms with van der Waals surface area (Å²) < 4.78 is 49.2. The van der Waals surface area contributed by atoms with E-state index in [1.54, 1.807) is 54.6 Å². The van der Waals surface area contributed by atoms with Crippen molar-refractivity contribution >= 4 is 43.6 Å². The SMILES string of the molecule is N#Cc1cc(C#N)cc(-c2ccc3c(c2)c2ccccc2n3-c2ccc(C#N)cc2-c2cc(-c3ccc(C#N)cc3C(F)(F)F)ccc2-n2c3ccccc3c3cc(-c4cc(C#N)cc(C#N)c4)ccc32)c1. The zero-order chi connectivity index (χ0) is 49.8. The molecule has 0 atom stereocenters. The summed E-state index contributed by atoms with van der Waals surface area (Å²) in [5.41, 5.74) is 8.86. The topological polar surface area (TPSA) is 153 Å². The number of hydrogen-bond donors (Lipinski definition) is 0. The molecule has 2 aromatic heterocycles. The Labute approximate surface area is 409 Å². The molecule has 72 heavy (non-hydrogen) atoms. The average molecular weight is 931 g/mol. The highest BCUT2D eigenvalue weighted by Crippen LogP contribution is 2.45. The Morgan fingerprint density at radius 2 is 0.708 bits per heavy atom. The van der Waals surface area contributed by atoms with Crippen LogP contribution in [-0.4, -0.2) is 9.13 Å². The van der Waals surface area contributed by atoms with Gasteiger partial charge >= 0.3 is 6.18 Å². The van der Waals surface area contributed by atoms with Crippen LogP contribution in [0.3, 0.4) is 0 Å². The summed E-state index contributed by atoms with van der Waals surface area (Å²) in [4.78, 5) is 0. The minimum atomic E-state index is -4.81. The maximum absolute atomic E-state index is 15.0. The van der Waals surface area contributed by atoms with Gasteiger partial charge in [0.25, 0.3) is 0 Å². The largest absolute Gasteiger partial charge is 0.417 e. The molecule has 0 saturated carbocycles. The molecular weight excluding hydrogens is 902 g/mol.